The lowest BCUT2D eigenvalue weighted by atomic mass is 10.0. The molecule has 0 aliphatic carbocycles. The molecule has 0 atom stereocenters. The second-order valence-electron chi connectivity index (χ2n) is 4.64. The largest absolute Gasteiger partial charge is 0.363 e. The van der Waals surface area contributed by atoms with Gasteiger partial charge in [0.2, 0.25) is 5.91 Å². The van der Waals surface area contributed by atoms with E-state index in [4.69, 9.17) is 39.5 Å². The highest BCUT2D eigenvalue weighted by Crippen LogP contribution is 2.32. The maximum absolute atomic E-state index is 11.8. The van der Waals surface area contributed by atoms with E-state index >= 15 is 0 Å². The molecule has 2 rings (SSSR count). The van der Waals surface area contributed by atoms with Crippen molar-refractivity contribution in [2.45, 2.75) is 12.5 Å². The molecule has 4 nitrogen and oxygen atoms in total. The summed E-state index contributed by atoms with van der Waals surface area (Å²) in [6, 6.07) is 3.00. The first-order valence-electron chi connectivity index (χ1n) is 5.69. The van der Waals surface area contributed by atoms with Gasteiger partial charge in [-0.15, -0.1) is 0 Å². The number of rotatable bonds is 4. The van der Waals surface area contributed by atoms with Gasteiger partial charge in [0.25, 0.3) is 0 Å². The molecule has 1 fully saturated rings. The second kappa shape index (κ2) is 5.85. The molecule has 2 N–H and O–H groups in total. The molecule has 0 bridgehead atoms. The first-order chi connectivity index (χ1) is 8.89. The van der Waals surface area contributed by atoms with E-state index in [-0.39, 0.29) is 18.1 Å². The minimum atomic E-state index is -0.284. The van der Waals surface area contributed by atoms with Crippen LogP contribution < -0.4 is 10.6 Å². The molecular weight excluding hydrogens is 311 g/mol. The molecule has 104 valence electrons. The standard InChI is InChI=1S/C12H13Cl3N2O2/c1-12(5-16-6-12)19-4-11(18)17-10-3-8(14)7(13)2-9(10)15/h2-3,16H,4-6H2,1H3,(H,17,18). The van der Waals surface area contributed by atoms with Gasteiger partial charge in [-0.1, -0.05) is 34.8 Å². The van der Waals surface area contributed by atoms with Gasteiger partial charge in [0.15, 0.2) is 0 Å². The normalized spacial score (nSPS) is 16.8. The molecule has 1 aliphatic rings. The van der Waals surface area contributed by atoms with Gasteiger partial charge in [0.05, 0.1) is 26.4 Å². The maximum Gasteiger partial charge on any atom is 0.250 e. The van der Waals surface area contributed by atoms with Crippen molar-refractivity contribution in [1.29, 1.82) is 0 Å². The summed E-state index contributed by atoms with van der Waals surface area (Å²) in [6.45, 7) is 3.40. The van der Waals surface area contributed by atoms with E-state index in [1.165, 1.54) is 12.1 Å². The minimum Gasteiger partial charge on any atom is -0.363 e. The van der Waals surface area contributed by atoms with Crippen LogP contribution in [0, 0.1) is 0 Å². The molecular formula is C12H13Cl3N2O2. The summed E-state index contributed by atoms with van der Waals surface area (Å²) in [4.78, 5) is 11.8. The first kappa shape index (κ1) is 14.9. The predicted octanol–water partition coefficient (Wildman–Crippen LogP) is 2.96. The van der Waals surface area contributed by atoms with Crippen LogP contribution >= 0.6 is 34.8 Å². The van der Waals surface area contributed by atoms with Crippen molar-refractivity contribution in [3.05, 3.63) is 27.2 Å². The van der Waals surface area contributed by atoms with Crippen LogP contribution in [0.15, 0.2) is 12.1 Å². The lowest BCUT2D eigenvalue weighted by molar-refractivity contribution is -0.130. The molecule has 0 aromatic heterocycles. The number of ether oxygens (including phenoxy) is 1. The molecule has 1 aliphatic heterocycles. The van der Waals surface area contributed by atoms with Gasteiger partial charge < -0.3 is 15.4 Å². The second-order valence-corrected chi connectivity index (χ2v) is 5.86. The van der Waals surface area contributed by atoms with Gasteiger partial charge in [-0.05, 0) is 19.1 Å². The number of anilines is 1. The fraction of sp³-hybridized carbons (Fsp3) is 0.417. The van der Waals surface area contributed by atoms with E-state index in [9.17, 15) is 4.79 Å². The number of hydrogen-bond donors (Lipinski definition) is 2. The number of halogens is 3. The van der Waals surface area contributed by atoms with Crippen molar-refractivity contribution in [2.75, 3.05) is 25.0 Å². The quantitative estimate of drug-likeness (QED) is 0.838. The Morgan fingerprint density at radius 3 is 2.53 bits per heavy atom. The van der Waals surface area contributed by atoms with Gasteiger partial charge in [0.1, 0.15) is 6.61 Å². The SMILES string of the molecule is CC1(OCC(=O)Nc2cc(Cl)c(Cl)cc2Cl)CNC1. The fourth-order valence-corrected chi connectivity index (χ4v) is 2.22. The average Bonchev–Trinajstić information content (AvgIpc) is 2.31. The number of carbonyl (C=O) groups is 1. The average molecular weight is 324 g/mol. The van der Waals surface area contributed by atoms with Crippen molar-refractivity contribution in [3.8, 4) is 0 Å². The molecule has 0 saturated carbocycles. The fourth-order valence-electron chi connectivity index (χ4n) is 1.62. The van der Waals surface area contributed by atoms with Crippen LogP contribution in [0.2, 0.25) is 15.1 Å². The Bertz CT molecular complexity index is 504. The monoisotopic (exact) mass is 322 g/mol. The van der Waals surface area contributed by atoms with E-state index < -0.39 is 0 Å². The summed E-state index contributed by atoms with van der Waals surface area (Å²) in [7, 11) is 0. The summed E-state index contributed by atoms with van der Waals surface area (Å²) in [5.74, 6) is -0.284. The Morgan fingerprint density at radius 2 is 1.95 bits per heavy atom. The Hall–Kier alpha value is -0.520. The van der Waals surface area contributed by atoms with Crippen LogP contribution in [0.3, 0.4) is 0 Å². The molecule has 7 heteroatoms. The van der Waals surface area contributed by atoms with Crippen LogP contribution in [0.5, 0.6) is 0 Å². The molecule has 1 heterocycles. The molecule has 1 saturated heterocycles. The summed E-state index contributed by atoms with van der Waals surface area (Å²) in [5, 5.41) is 6.73. The van der Waals surface area contributed by atoms with Gasteiger partial charge in [0, 0.05) is 13.1 Å². The molecule has 1 amide bonds. The third kappa shape index (κ3) is 3.74. The van der Waals surface area contributed by atoms with Crippen molar-refractivity contribution < 1.29 is 9.53 Å². The lowest BCUT2D eigenvalue weighted by Crippen LogP contribution is -2.59. The van der Waals surface area contributed by atoms with Crippen LogP contribution in [-0.4, -0.2) is 31.2 Å². The highest BCUT2D eigenvalue weighted by atomic mass is 35.5. The van der Waals surface area contributed by atoms with Crippen molar-refractivity contribution >= 4 is 46.4 Å². The van der Waals surface area contributed by atoms with Gasteiger partial charge in [-0.25, -0.2) is 0 Å². The van der Waals surface area contributed by atoms with Gasteiger partial charge in [-0.3, -0.25) is 4.79 Å². The maximum atomic E-state index is 11.8. The molecule has 0 unspecified atom stereocenters. The van der Waals surface area contributed by atoms with Crippen LogP contribution in [0.1, 0.15) is 6.92 Å². The number of hydrogen-bond acceptors (Lipinski definition) is 3. The summed E-state index contributed by atoms with van der Waals surface area (Å²) in [6.07, 6.45) is 0. The summed E-state index contributed by atoms with van der Waals surface area (Å²) < 4.78 is 5.52. The number of carbonyl (C=O) groups excluding carboxylic acids is 1. The topological polar surface area (TPSA) is 50.4 Å². The first-order valence-corrected chi connectivity index (χ1v) is 6.82. The third-order valence-corrected chi connectivity index (χ3v) is 3.87. The number of benzene rings is 1. The van der Waals surface area contributed by atoms with E-state index in [0.717, 1.165) is 13.1 Å². The molecule has 1 aromatic rings. The number of amides is 1. The van der Waals surface area contributed by atoms with Gasteiger partial charge in [-0.2, -0.15) is 0 Å². The van der Waals surface area contributed by atoms with E-state index in [0.29, 0.717) is 20.8 Å². The zero-order valence-electron chi connectivity index (χ0n) is 10.2. The minimum absolute atomic E-state index is 0.0330. The predicted molar refractivity (Wildman–Crippen MR) is 77.3 cm³/mol. The molecule has 1 aromatic carbocycles. The molecule has 0 radical (unpaired) electrons. The van der Waals surface area contributed by atoms with E-state index in [1.54, 1.807) is 0 Å². The highest BCUT2D eigenvalue weighted by Gasteiger charge is 2.33. The molecule has 0 spiro atoms. The lowest BCUT2D eigenvalue weighted by Gasteiger charge is -2.38. The Kier molecular flexibility index (Phi) is 4.58. The van der Waals surface area contributed by atoms with Crippen molar-refractivity contribution in [2.24, 2.45) is 0 Å². The van der Waals surface area contributed by atoms with Gasteiger partial charge >= 0.3 is 0 Å². The van der Waals surface area contributed by atoms with Crippen LogP contribution in [-0.2, 0) is 9.53 Å². The Labute approximate surface area is 126 Å². The zero-order chi connectivity index (χ0) is 14.0. The smallest absolute Gasteiger partial charge is 0.250 e. The molecule has 19 heavy (non-hydrogen) atoms. The van der Waals surface area contributed by atoms with E-state index in [2.05, 4.69) is 10.6 Å². The third-order valence-electron chi connectivity index (χ3n) is 2.83. The summed E-state index contributed by atoms with van der Waals surface area (Å²) in [5.41, 5.74) is 0.153. The van der Waals surface area contributed by atoms with Crippen molar-refractivity contribution in [1.82, 2.24) is 5.32 Å². The van der Waals surface area contributed by atoms with Crippen molar-refractivity contribution in [3.63, 3.8) is 0 Å². The highest BCUT2D eigenvalue weighted by molar-refractivity contribution is 6.44. The van der Waals surface area contributed by atoms with Crippen LogP contribution in [0.4, 0.5) is 5.69 Å². The van der Waals surface area contributed by atoms with Crippen LogP contribution in [0.25, 0.3) is 0 Å². The number of nitrogens with one attached hydrogen (secondary N) is 2. The Balaban J connectivity index is 1.93. The zero-order valence-corrected chi connectivity index (χ0v) is 12.5. The summed E-state index contributed by atoms with van der Waals surface area (Å²) >= 11 is 17.6. The van der Waals surface area contributed by atoms with E-state index in [1.807, 2.05) is 6.92 Å². The Morgan fingerprint density at radius 1 is 1.32 bits per heavy atom.